The van der Waals surface area contributed by atoms with E-state index in [0.29, 0.717) is 5.88 Å². The molecule has 104 valence electrons. The normalized spacial score (nSPS) is 15.0. The summed E-state index contributed by atoms with van der Waals surface area (Å²) in [5, 5.41) is 6.52. The van der Waals surface area contributed by atoms with Gasteiger partial charge in [-0.1, -0.05) is 23.4 Å². The lowest BCUT2D eigenvalue weighted by Crippen LogP contribution is -2.41. The summed E-state index contributed by atoms with van der Waals surface area (Å²) in [5.41, 5.74) is 3.19. The van der Waals surface area contributed by atoms with E-state index in [0.717, 1.165) is 24.3 Å². The number of aromatic nitrogens is 1. The summed E-state index contributed by atoms with van der Waals surface area (Å²) in [6.45, 7) is 4.59. The first-order valence-corrected chi connectivity index (χ1v) is 6.74. The molecule has 0 aliphatic carbocycles. The molecule has 5 heteroatoms. The fraction of sp³-hybridized carbons (Fsp3) is 0.333. The van der Waals surface area contributed by atoms with Crippen molar-refractivity contribution in [3.05, 3.63) is 41.6 Å². The molecule has 5 nitrogen and oxygen atoms in total. The van der Waals surface area contributed by atoms with Crippen LogP contribution in [0.4, 0.5) is 11.6 Å². The molecule has 2 heterocycles. The van der Waals surface area contributed by atoms with Gasteiger partial charge in [0.1, 0.15) is 6.04 Å². The molecule has 0 bridgehead atoms. The fourth-order valence-corrected chi connectivity index (χ4v) is 2.56. The number of aryl methyl sites for hydroxylation is 1. The van der Waals surface area contributed by atoms with Crippen molar-refractivity contribution in [2.75, 3.05) is 16.8 Å². The van der Waals surface area contributed by atoms with Gasteiger partial charge >= 0.3 is 0 Å². The molecule has 1 aliphatic heterocycles. The Hall–Kier alpha value is -2.30. The van der Waals surface area contributed by atoms with Gasteiger partial charge in [-0.2, -0.15) is 0 Å². The standard InChI is InChI=1S/C15H17N3O2/c1-10-9-14(20-17-10)16-15(19)11(2)18-8-7-12-5-3-4-6-13(12)18/h3-6,9,11H,7-8H2,1-2H3,(H,16,19)/t11-/m0/s1. The SMILES string of the molecule is Cc1cc(NC(=O)[C@H](C)N2CCc3ccccc32)on1. The van der Waals surface area contributed by atoms with Crippen molar-refractivity contribution in [2.24, 2.45) is 0 Å². The zero-order valence-electron chi connectivity index (χ0n) is 11.6. The minimum absolute atomic E-state index is 0.0853. The highest BCUT2D eigenvalue weighted by Crippen LogP contribution is 2.29. The number of anilines is 2. The molecular weight excluding hydrogens is 254 g/mol. The first-order valence-electron chi connectivity index (χ1n) is 6.74. The van der Waals surface area contributed by atoms with Gasteiger partial charge in [0.25, 0.3) is 0 Å². The summed E-state index contributed by atoms with van der Waals surface area (Å²) in [6, 6.07) is 9.67. The molecule has 1 N–H and O–H groups in total. The maximum Gasteiger partial charge on any atom is 0.249 e. The zero-order valence-corrected chi connectivity index (χ0v) is 11.6. The lowest BCUT2D eigenvalue weighted by Gasteiger charge is -2.25. The summed E-state index contributed by atoms with van der Waals surface area (Å²) >= 11 is 0. The molecule has 2 aromatic rings. The van der Waals surface area contributed by atoms with E-state index in [-0.39, 0.29) is 11.9 Å². The van der Waals surface area contributed by atoms with Crippen LogP contribution < -0.4 is 10.2 Å². The van der Waals surface area contributed by atoms with Crippen molar-refractivity contribution in [1.29, 1.82) is 0 Å². The Bertz CT molecular complexity index is 636. The molecule has 0 spiro atoms. The van der Waals surface area contributed by atoms with Crippen LogP contribution in [0, 0.1) is 6.92 Å². The second-order valence-corrected chi connectivity index (χ2v) is 5.07. The van der Waals surface area contributed by atoms with E-state index in [4.69, 9.17) is 4.52 Å². The first-order chi connectivity index (χ1) is 9.65. The summed E-state index contributed by atoms with van der Waals surface area (Å²) in [5.74, 6) is 0.310. The average molecular weight is 271 g/mol. The van der Waals surface area contributed by atoms with Gasteiger partial charge in [-0.3, -0.25) is 10.1 Å². The second-order valence-electron chi connectivity index (χ2n) is 5.07. The van der Waals surface area contributed by atoms with Crippen LogP contribution in [0.1, 0.15) is 18.2 Å². The minimum atomic E-state index is -0.246. The van der Waals surface area contributed by atoms with Gasteiger partial charge in [0.2, 0.25) is 11.8 Å². The molecule has 1 aromatic carbocycles. The summed E-state index contributed by atoms with van der Waals surface area (Å²) in [6.07, 6.45) is 0.981. The number of carbonyl (C=O) groups excluding carboxylic acids is 1. The summed E-state index contributed by atoms with van der Waals surface area (Å²) in [4.78, 5) is 14.4. The van der Waals surface area contributed by atoms with Crippen LogP contribution in [0.15, 0.2) is 34.9 Å². The molecule has 1 aromatic heterocycles. The van der Waals surface area contributed by atoms with Gasteiger partial charge in [-0.15, -0.1) is 0 Å². The van der Waals surface area contributed by atoms with E-state index in [1.54, 1.807) is 6.07 Å². The number of amides is 1. The van der Waals surface area contributed by atoms with E-state index in [1.807, 2.05) is 26.0 Å². The van der Waals surface area contributed by atoms with Crippen molar-refractivity contribution in [3.8, 4) is 0 Å². The maximum absolute atomic E-state index is 12.3. The number of carbonyl (C=O) groups is 1. The van der Waals surface area contributed by atoms with Crippen LogP contribution in [0.25, 0.3) is 0 Å². The number of fused-ring (bicyclic) bond motifs is 1. The third-order valence-electron chi connectivity index (χ3n) is 3.64. The Labute approximate surface area is 117 Å². The Morgan fingerprint density at radius 1 is 1.45 bits per heavy atom. The highest BCUT2D eigenvalue weighted by molar-refractivity contribution is 5.96. The van der Waals surface area contributed by atoms with Gasteiger partial charge < -0.3 is 9.42 Å². The summed E-state index contributed by atoms with van der Waals surface area (Å²) in [7, 11) is 0. The number of benzene rings is 1. The molecule has 3 rings (SSSR count). The predicted molar refractivity (Wildman–Crippen MR) is 76.8 cm³/mol. The second kappa shape index (κ2) is 5.00. The molecule has 0 unspecified atom stereocenters. The fourth-order valence-electron chi connectivity index (χ4n) is 2.56. The van der Waals surface area contributed by atoms with Crippen molar-refractivity contribution < 1.29 is 9.32 Å². The number of hydrogen-bond donors (Lipinski definition) is 1. The molecular formula is C15H17N3O2. The van der Waals surface area contributed by atoms with Gasteiger partial charge in [0, 0.05) is 18.3 Å². The summed E-state index contributed by atoms with van der Waals surface area (Å²) < 4.78 is 5.02. The molecule has 0 fully saturated rings. The Morgan fingerprint density at radius 3 is 3.00 bits per heavy atom. The number of nitrogens with zero attached hydrogens (tertiary/aromatic N) is 2. The lowest BCUT2D eigenvalue weighted by molar-refractivity contribution is -0.117. The first kappa shape index (κ1) is 12.7. The van der Waals surface area contributed by atoms with E-state index >= 15 is 0 Å². The van der Waals surface area contributed by atoms with Crippen LogP contribution in [0.3, 0.4) is 0 Å². The smallest absolute Gasteiger partial charge is 0.249 e. The molecule has 1 atom stereocenters. The molecule has 0 radical (unpaired) electrons. The highest BCUT2D eigenvalue weighted by Gasteiger charge is 2.27. The highest BCUT2D eigenvalue weighted by atomic mass is 16.5. The topological polar surface area (TPSA) is 58.4 Å². The van der Waals surface area contributed by atoms with Crippen molar-refractivity contribution >= 4 is 17.5 Å². The van der Waals surface area contributed by atoms with Crippen molar-refractivity contribution in [1.82, 2.24) is 5.16 Å². The average Bonchev–Trinajstić information content (AvgIpc) is 3.04. The largest absolute Gasteiger partial charge is 0.359 e. The van der Waals surface area contributed by atoms with Crippen LogP contribution in [-0.2, 0) is 11.2 Å². The van der Waals surface area contributed by atoms with Gasteiger partial charge in [0.05, 0.1) is 5.69 Å². The third-order valence-corrected chi connectivity index (χ3v) is 3.64. The molecule has 0 saturated carbocycles. The number of nitrogens with one attached hydrogen (secondary N) is 1. The van der Waals surface area contributed by atoms with Crippen LogP contribution in [0.5, 0.6) is 0 Å². The van der Waals surface area contributed by atoms with E-state index in [9.17, 15) is 4.79 Å². The predicted octanol–water partition coefficient (Wildman–Crippen LogP) is 2.37. The molecule has 20 heavy (non-hydrogen) atoms. The lowest BCUT2D eigenvalue weighted by atomic mass is 10.1. The van der Waals surface area contributed by atoms with Crippen LogP contribution >= 0.6 is 0 Å². The number of rotatable bonds is 3. The van der Waals surface area contributed by atoms with Crippen molar-refractivity contribution in [3.63, 3.8) is 0 Å². The van der Waals surface area contributed by atoms with Crippen LogP contribution in [0.2, 0.25) is 0 Å². The quantitative estimate of drug-likeness (QED) is 0.931. The third kappa shape index (κ3) is 2.27. The maximum atomic E-state index is 12.3. The number of hydrogen-bond acceptors (Lipinski definition) is 4. The van der Waals surface area contributed by atoms with Crippen LogP contribution in [-0.4, -0.2) is 23.7 Å². The Morgan fingerprint density at radius 2 is 2.25 bits per heavy atom. The van der Waals surface area contributed by atoms with Gasteiger partial charge in [0.15, 0.2) is 0 Å². The van der Waals surface area contributed by atoms with Crippen molar-refractivity contribution in [2.45, 2.75) is 26.3 Å². The van der Waals surface area contributed by atoms with E-state index < -0.39 is 0 Å². The molecule has 1 amide bonds. The van der Waals surface area contributed by atoms with E-state index in [1.165, 1.54) is 5.56 Å². The molecule has 0 saturated heterocycles. The zero-order chi connectivity index (χ0) is 14.1. The Kier molecular flexibility index (Phi) is 3.18. The van der Waals surface area contributed by atoms with Gasteiger partial charge in [-0.25, -0.2) is 0 Å². The minimum Gasteiger partial charge on any atom is -0.359 e. The molecule has 1 aliphatic rings. The Balaban J connectivity index is 1.73. The van der Waals surface area contributed by atoms with E-state index in [2.05, 4.69) is 27.5 Å². The van der Waals surface area contributed by atoms with Gasteiger partial charge in [-0.05, 0) is 31.9 Å². The monoisotopic (exact) mass is 271 g/mol. The number of para-hydroxylation sites is 1.